The highest BCUT2D eigenvalue weighted by Crippen LogP contribution is 2.20. The molecule has 0 unspecified atom stereocenters. The zero-order valence-corrected chi connectivity index (χ0v) is 12.2. The third kappa shape index (κ3) is 2.35. The van der Waals surface area contributed by atoms with E-state index in [1.165, 1.54) is 0 Å². The predicted octanol–water partition coefficient (Wildman–Crippen LogP) is 3.02. The van der Waals surface area contributed by atoms with Gasteiger partial charge in [0.25, 0.3) is 0 Å². The van der Waals surface area contributed by atoms with Crippen molar-refractivity contribution in [2.75, 3.05) is 0 Å². The van der Waals surface area contributed by atoms with Gasteiger partial charge < -0.3 is 0 Å². The van der Waals surface area contributed by atoms with E-state index >= 15 is 0 Å². The Bertz CT molecular complexity index is 551. The van der Waals surface area contributed by atoms with E-state index in [9.17, 15) is 4.79 Å². The molecule has 2 aromatic rings. The first-order valence-electron chi connectivity index (χ1n) is 4.57. The number of aryl methyl sites for hydroxylation is 1. The number of halogens is 2. The van der Waals surface area contributed by atoms with Gasteiger partial charge in [-0.2, -0.15) is 5.10 Å². The number of carbonyl (C=O) groups excluding carboxylic acids is 1. The third-order valence-corrected chi connectivity index (χ3v) is 3.55. The number of hydrogen-bond acceptors (Lipinski definition) is 2. The van der Waals surface area contributed by atoms with Crippen molar-refractivity contribution >= 4 is 44.3 Å². The van der Waals surface area contributed by atoms with Crippen LogP contribution in [0.15, 0.2) is 34.9 Å². The maximum Gasteiger partial charge on any atom is 0.214 e. The first kappa shape index (κ1) is 11.8. The Hall–Kier alpha value is -0.690. The Morgan fingerprint density at radius 3 is 2.81 bits per heavy atom. The molecular formula is C11H8BrIN2O. The number of benzene rings is 1. The summed E-state index contributed by atoms with van der Waals surface area (Å²) in [7, 11) is 1.79. The molecule has 0 radical (unpaired) electrons. The standard InChI is InChI=1S/C11H8BrIN2O/c1-15-5-4-10(14-15)11(16)8-6-7(12)2-3-9(8)13/h2-6H,1H3. The number of aromatic nitrogens is 2. The van der Waals surface area contributed by atoms with Crippen molar-refractivity contribution in [3.8, 4) is 0 Å². The molecule has 1 heterocycles. The molecule has 1 aromatic carbocycles. The zero-order valence-electron chi connectivity index (χ0n) is 8.45. The maximum atomic E-state index is 12.1. The van der Waals surface area contributed by atoms with Gasteiger partial charge in [0.2, 0.25) is 5.78 Å². The number of rotatable bonds is 2. The molecule has 82 valence electrons. The van der Waals surface area contributed by atoms with Crippen molar-refractivity contribution < 1.29 is 4.79 Å². The Morgan fingerprint density at radius 2 is 2.19 bits per heavy atom. The molecule has 2 rings (SSSR count). The molecular weight excluding hydrogens is 383 g/mol. The summed E-state index contributed by atoms with van der Waals surface area (Å²) < 4.78 is 3.45. The molecule has 0 bridgehead atoms. The Morgan fingerprint density at radius 1 is 1.44 bits per heavy atom. The van der Waals surface area contributed by atoms with E-state index in [2.05, 4.69) is 43.6 Å². The van der Waals surface area contributed by atoms with Crippen LogP contribution in [0.2, 0.25) is 0 Å². The van der Waals surface area contributed by atoms with Crippen LogP contribution < -0.4 is 0 Å². The van der Waals surface area contributed by atoms with E-state index in [1.807, 2.05) is 18.2 Å². The van der Waals surface area contributed by atoms with Crippen molar-refractivity contribution in [2.24, 2.45) is 7.05 Å². The molecule has 0 N–H and O–H groups in total. The summed E-state index contributed by atoms with van der Waals surface area (Å²) in [5, 5.41) is 4.11. The van der Waals surface area contributed by atoms with Gasteiger partial charge in [0.1, 0.15) is 5.69 Å². The molecule has 0 amide bonds. The average molecular weight is 391 g/mol. The summed E-state index contributed by atoms with van der Waals surface area (Å²) in [5.74, 6) is -0.0497. The molecule has 0 aliphatic carbocycles. The van der Waals surface area contributed by atoms with Crippen LogP contribution >= 0.6 is 38.5 Å². The summed E-state index contributed by atoms with van der Waals surface area (Å²) in [6.07, 6.45) is 1.76. The lowest BCUT2D eigenvalue weighted by molar-refractivity contribution is 0.103. The van der Waals surface area contributed by atoms with Crippen LogP contribution in [0.4, 0.5) is 0 Å². The topological polar surface area (TPSA) is 34.9 Å². The highest BCUT2D eigenvalue weighted by Gasteiger charge is 2.15. The molecule has 0 spiro atoms. The molecule has 0 atom stereocenters. The summed E-state index contributed by atoms with van der Waals surface area (Å²) in [4.78, 5) is 12.1. The highest BCUT2D eigenvalue weighted by atomic mass is 127. The van der Waals surface area contributed by atoms with Crippen LogP contribution in [0, 0.1) is 3.57 Å². The van der Waals surface area contributed by atoms with Gasteiger partial charge in [-0.3, -0.25) is 9.48 Å². The fourth-order valence-electron chi connectivity index (χ4n) is 1.35. The minimum atomic E-state index is -0.0497. The van der Waals surface area contributed by atoms with Crippen LogP contribution in [-0.4, -0.2) is 15.6 Å². The molecule has 0 saturated carbocycles. The summed E-state index contributed by atoms with van der Waals surface area (Å²) in [6, 6.07) is 7.36. The van der Waals surface area contributed by atoms with Crippen LogP contribution in [0.1, 0.15) is 16.1 Å². The largest absolute Gasteiger partial charge is 0.287 e. The quantitative estimate of drug-likeness (QED) is 0.583. The molecule has 0 fully saturated rings. The minimum Gasteiger partial charge on any atom is -0.287 e. The number of hydrogen-bond donors (Lipinski definition) is 0. The molecule has 0 aliphatic rings. The lowest BCUT2D eigenvalue weighted by Crippen LogP contribution is -2.05. The van der Waals surface area contributed by atoms with Crippen molar-refractivity contribution in [3.63, 3.8) is 0 Å². The molecule has 3 nitrogen and oxygen atoms in total. The van der Waals surface area contributed by atoms with E-state index in [4.69, 9.17) is 0 Å². The minimum absolute atomic E-state index is 0.0497. The monoisotopic (exact) mass is 390 g/mol. The van der Waals surface area contributed by atoms with Gasteiger partial charge in [0.05, 0.1) is 0 Å². The molecule has 0 saturated heterocycles. The summed E-state index contributed by atoms with van der Waals surface area (Å²) in [5.41, 5.74) is 1.15. The first-order chi connectivity index (χ1) is 7.58. The lowest BCUT2D eigenvalue weighted by Gasteiger charge is -2.02. The van der Waals surface area contributed by atoms with E-state index in [-0.39, 0.29) is 5.78 Å². The van der Waals surface area contributed by atoms with E-state index in [0.717, 1.165) is 8.04 Å². The van der Waals surface area contributed by atoms with Gasteiger partial charge in [0.15, 0.2) is 0 Å². The van der Waals surface area contributed by atoms with Gasteiger partial charge in [-0.1, -0.05) is 15.9 Å². The number of nitrogens with zero attached hydrogens (tertiary/aromatic N) is 2. The predicted molar refractivity (Wildman–Crippen MR) is 73.5 cm³/mol. The normalized spacial score (nSPS) is 10.4. The Kier molecular flexibility index (Phi) is 3.44. The van der Waals surface area contributed by atoms with Crippen molar-refractivity contribution in [1.82, 2.24) is 9.78 Å². The van der Waals surface area contributed by atoms with E-state index in [0.29, 0.717) is 11.3 Å². The smallest absolute Gasteiger partial charge is 0.214 e. The van der Waals surface area contributed by atoms with Crippen molar-refractivity contribution in [3.05, 3.63) is 49.8 Å². The first-order valence-corrected chi connectivity index (χ1v) is 6.44. The summed E-state index contributed by atoms with van der Waals surface area (Å²) >= 11 is 5.51. The van der Waals surface area contributed by atoms with Gasteiger partial charge in [-0.05, 0) is 46.9 Å². The lowest BCUT2D eigenvalue weighted by atomic mass is 10.1. The van der Waals surface area contributed by atoms with Crippen LogP contribution in [0.5, 0.6) is 0 Å². The van der Waals surface area contributed by atoms with Crippen molar-refractivity contribution in [2.45, 2.75) is 0 Å². The Labute approximate surface area is 115 Å². The van der Waals surface area contributed by atoms with Gasteiger partial charge in [-0.25, -0.2) is 0 Å². The second-order valence-corrected chi connectivity index (χ2v) is 5.41. The van der Waals surface area contributed by atoms with Gasteiger partial charge in [0, 0.05) is 26.9 Å². The fraction of sp³-hybridized carbons (Fsp3) is 0.0909. The fourth-order valence-corrected chi connectivity index (χ4v) is 2.29. The number of ketones is 1. The van der Waals surface area contributed by atoms with Crippen molar-refractivity contribution in [1.29, 1.82) is 0 Å². The van der Waals surface area contributed by atoms with Gasteiger partial charge >= 0.3 is 0 Å². The zero-order chi connectivity index (χ0) is 11.7. The highest BCUT2D eigenvalue weighted by molar-refractivity contribution is 14.1. The van der Waals surface area contributed by atoms with E-state index < -0.39 is 0 Å². The van der Waals surface area contributed by atoms with Gasteiger partial charge in [-0.15, -0.1) is 0 Å². The van der Waals surface area contributed by atoms with Crippen LogP contribution in [0.25, 0.3) is 0 Å². The second-order valence-electron chi connectivity index (χ2n) is 3.33. The average Bonchev–Trinajstić information content (AvgIpc) is 2.67. The molecule has 0 aliphatic heterocycles. The maximum absolute atomic E-state index is 12.1. The number of carbonyl (C=O) groups is 1. The Balaban J connectivity index is 2.45. The third-order valence-electron chi connectivity index (χ3n) is 2.12. The molecule has 1 aromatic heterocycles. The van der Waals surface area contributed by atoms with Crippen LogP contribution in [-0.2, 0) is 7.05 Å². The molecule has 16 heavy (non-hydrogen) atoms. The SMILES string of the molecule is Cn1ccc(C(=O)c2cc(Br)ccc2I)n1. The summed E-state index contributed by atoms with van der Waals surface area (Å²) in [6.45, 7) is 0. The van der Waals surface area contributed by atoms with Crippen LogP contribution in [0.3, 0.4) is 0 Å². The van der Waals surface area contributed by atoms with E-state index in [1.54, 1.807) is 24.0 Å². The molecule has 5 heteroatoms. The second kappa shape index (κ2) is 4.67.